The molecule has 6 heavy (non-hydrogen) atoms. The summed E-state index contributed by atoms with van der Waals surface area (Å²) in [5.74, 6) is 0. The summed E-state index contributed by atoms with van der Waals surface area (Å²) in [5.41, 5.74) is 0. The van der Waals surface area contributed by atoms with Crippen LogP contribution in [-0.4, -0.2) is 0 Å². The third kappa shape index (κ3) is 41.4. The summed E-state index contributed by atoms with van der Waals surface area (Å²) >= 11 is 0. The molecule has 0 aliphatic carbocycles. The molecule has 0 aliphatic rings. The molecule has 0 unspecified atom stereocenters. The molecule has 2 heteroatoms. The number of hydrogen-bond donors (Lipinski definition) is 0. The first-order valence-electron chi connectivity index (χ1n) is 0. The van der Waals surface area contributed by atoms with E-state index in [0.29, 0.717) is 0 Å². The van der Waals surface area contributed by atoms with Gasteiger partial charge in [0, 0.05) is 53.8 Å². The van der Waals surface area contributed by atoms with Gasteiger partial charge in [0.15, 0.2) is 0 Å². The van der Waals surface area contributed by atoms with Crippen LogP contribution < -0.4 is 0 Å². The first kappa shape index (κ1) is 112. The van der Waals surface area contributed by atoms with Gasteiger partial charge in [0.2, 0.25) is 0 Å². The topological polar surface area (TPSA) is 0 Å². The van der Waals surface area contributed by atoms with Crippen molar-refractivity contribution in [2.45, 2.75) is 0 Å². The third-order valence-electron chi connectivity index (χ3n) is 0. The van der Waals surface area contributed by atoms with Crippen LogP contribution in [0.5, 0.6) is 0 Å². The summed E-state index contributed by atoms with van der Waals surface area (Å²) in [4.78, 5) is 0. The van der Waals surface area contributed by atoms with E-state index in [0.717, 1.165) is 0 Å². The molecule has 0 saturated heterocycles. The summed E-state index contributed by atoms with van der Waals surface area (Å²) in [6, 6.07) is 0. The van der Waals surface area contributed by atoms with Gasteiger partial charge >= 0.3 is 0 Å². The van der Waals surface area contributed by atoms with E-state index >= 15 is 0 Å². The molecule has 0 aromatic carbocycles. The molecule has 41 valence electrons. The molecule has 0 atom stereocenters. The SMILES string of the molecule is [CH3-].[CH3-].[CH3-].[CH3-].[W].[Y]. The molecule has 0 aromatic rings. The molecule has 0 bridgehead atoms. The molecule has 0 saturated carbocycles. The van der Waals surface area contributed by atoms with Gasteiger partial charge < -0.3 is 29.7 Å². The second-order valence-corrected chi connectivity index (χ2v) is 0. The quantitative estimate of drug-likeness (QED) is 0.593. The molecule has 0 N–H and O–H groups in total. The summed E-state index contributed by atoms with van der Waals surface area (Å²) in [7, 11) is 0. The zero-order valence-corrected chi connectivity index (χ0v) is 10.8. The summed E-state index contributed by atoms with van der Waals surface area (Å²) in [6.45, 7) is 0. The van der Waals surface area contributed by atoms with Crippen molar-refractivity contribution < 1.29 is 53.8 Å². The fraction of sp³-hybridized carbons (Fsp3) is 0. The van der Waals surface area contributed by atoms with E-state index in [4.69, 9.17) is 0 Å². The fourth-order valence-electron chi connectivity index (χ4n) is 0. The van der Waals surface area contributed by atoms with Crippen LogP contribution in [0.2, 0.25) is 0 Å². The van der Waals surface area contributed by atoms with Crippen LogP contribution in [0, 0.1) is 29.7 Å². The molecule has 0 rings (SSSR count). The second-order valence-electron chi connectivity index (χ2n) is 0. The average molecular weight is 333 g/mol. The van der Waals surface area contributed by atoms with Gasteiger partial charge in [-0.2, -0.15) is 0 Å². The van der Waals surface area contributed by atoms with E-state index in [2.05, 4.69) is 0 Å². The Morgan fingerprint density at radius 1 is 0.500 bits per heavy atom. The Hall–Kier alpha value is 1.79. The van der Waals surface area contributed by atoms with Crippen LogP contribution >= 0.6 is 0 Å². The average Bonchev–Trinajstić information content (AvgIpc) is 0. The Bertz CT molecular complexity index is 7.51. The molecule has 0 spiro atoms. The zero-order valence-electron chi connectivity index (χ0n) is 4.99. The maximum Gasteiger partial charge on any atom is 0 e. The van der Waals surface area contributed by atoms with E-state index in [1.54, 1.807) is 0 Å². The standard InChI is InChI=1S/4CH3.W.Y/h4*1H3;;/q4*-1;;. The first-order chi connectivity index (χ1) is 0. The number of hydrogen-bond acceptors (Lipinski definition) is 0. The largest absolute Gasteiger partial charge is 0.358 e. The molecule has 1 radical (unpaired) electrons. The minimum Gasteiger partial charge on any atom is -0.358 e. The Morgan fingerprint density at radius 3 is 0.500 bits per heavy atom. The van der Waals surface area contributed by atoms with Crippen LogP contribution in [0.15, 0.2) is 0 Å². The predicted molar refractivity (Wildman–Crippen MR) is 25.7 cm³/mol. The van der Waals surface area contributed by atoms with Crippen molar-refractivity contribution in [3.63, 3.8) is 0 Å². The molecule has 0 heterocycles. The maximum atomic E-state index is 0. The monoisotopic (exact) mass is 333 g/mol. The normalized spacial score (nSPS) is 0. The Balaban J connectivity index is 0. The van der Waals surface area contributed by atoms with Crippen molar-refractivity contribution in [2.75, 3.05) is 0 Å². The Morgan fingerprint density at radius 2 is 0.500 bits per heavy atom. The van der Waals surface area contributed by atoms with E-state index in [-0.39, 0.29) is 83.5 Å². The van der Waals surface area contributed by atoms with Gasteiger partial charge in [-0.3, -0.25) is 0 Å². The van der Waals surface area contributed by atoms with Crippen molar-refractivity contribution in [1.29, 1.82) is 0 Å². The van der Waals surface area contributed by atoms with Gasteiger partial charge in [-0.15, -0.1) is 0 Å². The Labute approximate surface area is 82.6 Å². The third-order valence-corrected chi connectivity index (χ3v) is 0. The smallest absolute Gasteiger partial charge is 0 e. The van der Waals surface area contributed by atoms with Crippen LogP contribution in [0.3, 0.4) is 0 Å². The molecular weight excluding hydrogens is 321 g/mol. The van der Waals surface area contributed by atoms with Gasteiger partial charge in [0.1, 0.15) is 0 Å². The molecule has 0 aromatic heterocycles. The minimum absolute atomic E-state index is 0. The predicted octanol–water partition coefficient (Wildman–Crippen LogP) is 1.80. The van der Waals surface area contributed by atoms with Gasteiger partial charge in [-0.25, -0.2) is 0 Å². The van der Waals surface area contributed by atoms with Gasteiger partial charge in [-0.1, -0.05) is 0 Å². The van der Waals surface area contributed by atoms with Crippen LogP contribution in [0.1, 0.15) is 0 Å². The van der Waals surface area contributed by atoms with E-state index < -0.39 is 0 Å². The molecule has 0 amide bonds. The van der Waals surface area contributed by atoms with Gasteiger partial charge in [0.25, 0.3) is 0 Å². The Kier molecular flexibility index (Phi) is 1320. The van der Waals surface area contributed by atoms with E-state index in [1.165, 1.54) is 0 Å². The molecule has 0 aliphatic heterocycles. The van der Waals surface area contributed by atoms with Gasteiger partial charge in [-0.05, 0) is 0 Å². The second kappa shape index (κ2) is 70.9. The fourth-order valence-corrected chi connectivity index (χ4v) is 0. The zero-order chi connectivity index (χ0) is 0. The van der Waals surface area contributed by atoms with E-state index in [9.17, 15) is 0 Å². The maximum absolute atomic E-state index is 0. The first-order valence-corrected chi connectivity index (χ1v) is 0. The van der Waals surface area contributed by atoms with Crippen molar-refractivity contribution >= 4 is 0 Å². The van der Waals surface area contributed by atoms with Crippen LogP contribution in [0.4, 0.5) is 0 Å². The number of rotatable bonds is 0. The molecular formula is C4H12WY-4. The summed E-state index contributed by atoms with van der Waals surface area (Å²) in [6.07, 6.45) is 0. The van der Waals surface area contributed by atoms with Crippen molar-refractivity contribution in [1.82, 2.24) is 0 Å². The minimum atomic E-state index is 0. The van der Waals surface area contributed by atoms with E-state index in [1.807, 2.05) is 0 Å². The summed E-state index contributed by atoms with van der Waals surface area (Å²) < 4.78 is 0. The van der Waals surface area contributed by atoms with Crippen molar-refractivity contribution in [2.24, 2.45) is 0 Å². The van der Waals surface area contributed by atoms with Crippen LogP contribution in [-0.2, 0) is 53.8 Å². The molecule has 0 nitrogen and oxygen atoms in total. The van der Waals surface area contributed by atoms with Gasteiger partial charge in [0.05, 0.1) is 0 Å². The molecule has 0 fully saturated rings. The van der Waals surface area contributed by atoms with Crippen LogP contribution in [0.25, 0.3) is 0 Å². The van der Waals surface area contributed by atoms with Crippen molar-refractivity contribution in [3.8, 4) is 0 Å². The van der Waals surface area contributed by atoms with Crippen molar-refractivity contribution in [3.05, 3.63) is 29.7 Å². The summed E-state index contributed by atoms with van der Waals surface area (Å²) in [5, 5.41) is 0.